The molecule has 0 saturated carbocycles. The average molecular weight is 258 g/mol. The predicted molar refractivity (Wildman–Crippen MR) is 75.5 cm³/mol. The maximum atomic E-state index is 12.0. The lowest BCUT2D eigenvalue weighted by Crippen LogP contribution is -2.26. The van der Waals surface area contributed by atoms with Gasteiger partial charge in [0, 0.05) is 31.3 Å². The zero-order valence-electron chi connectivity index (χ0n) is 11.2. The quantitative estimate of drug-likeness (QED) is 0.866. The summed E-state index contributed by atoms with van der Waals surface area (Å²) >= 11 is 0. The van der Waals surface area contributed by atoms with Crippen LogP contribution in [0.5, 0.6) is 0 Å². The first-order valence-corrected chi connectivity index (χ1v) is 6.29. The van der Waals surface area contributed by atoms with Crippen molar-refractivity contribution in [3.05, 3.63) is 53.5 Å². The van der Waals surface area contributed by atoms with E-state index >= 15 is 0 Å². The highest BCUT2D eigenvalue weighted by molar-refractivity contribution is 5.96. The van der Waals surface area contributed by atoms with Crippen LogP contribution < -0.4 is 10.6 Å². The van der Waals surface area contributed by atoms with Gasteiger partial charge in [0.15, 0.2) is 0 Å². The molecule has 100 valence electrons. The average Bonchev–Trinajstić information content (AvgIpc) is 2.91. The summed E-state index contributed by atoms with van der Waals surface area (Å²) in [5, 5.41) is 5.95. The van der Waals surface area contributed by atoms with Crippen LogP contribution in [0.25, 0.3) is 0 Å². The summed E-state index contributed by atoms with van der Waals surface area (Å²) in [4.78, 5) is 12.0. The molecular weight excluding hydrogens is 240 g/mol. The largest absolute Gasteiger partial charge is 0.469 e. The molecule has 0 saturated heterocycles. The second-order valence-corrected chi connectivity index (χ2v) is 4.36. The molecule has 2 rings (SSSR count). The Kier molecular flexibility index (Phi) is 4.23. The Labute approximate surface area is 112 Å². The molecule has 0 spiro atoms. The molecule has 0 unspecified atom stereocenters. The van der Waals surface area contributed by atoms with Crippen molar-refractivity contribution in [1.82, 2.24) is 5.32 Å². The summed E-state index contributed by atoms with van der Waals surface area (Å²) in [5.41, 5.74) is 2.67. The molecule has 1 aromatic heterocycles. The van der Waals surface area contributed by atoms with Gasteiger partial charge in [-0.25, -0.2) is 0 Å². The summed E-state index contributed by atoms with van der Waals surface area (Å²) in [5.74, 6) is 0.828. The van der Waals surface area contributed by atoms with Crippen molar-refractivity contribution < 1.29 is 9.21 Å². The van der Waals surface area contributed by atoms with E-state index in [2.05, 4.69) is 10.6 Å². The molecule has 1 aromatic carbocycles. The van der Waals surface area contributed by atoms with E-state index < -0.39 is 0 Å². The lowest BCUT2D eigenvalue weighted by molar-refractivity contribution is 0.0953. The highest BCUT2D eigenvalue weighted by Crippen LogP contribution is 2.14. The van der Waals surface area contributed by atoms with Crippen LogP contribution in [0.3, 0.4) is 0 Å². The molecule has 1 amide bonds. The Bertz CT molecular complexity index is 547. The minimum absolute atomic E-state index is 0.0493. The second kappa shape index (κ2) is 6.09. The number of carbonyl (C=O) groups excluding carboxylic acids is 1. The minimum Gasteiger partial charge on any atom is -0.469 e. The predicted octanol–water partition coefficient (Wildman–Crippen LogP) is 2.60. The fourth-order valence-corrected chi connectivity index (χ4v) is 1.92. The highest BCUT2D eigenvalue weighted by Gasteiger charge is 2.08. The summed E-state index contributed by atoms with van der Waals surface area (Å²) in [7, 11) is 1.86. The molecule has 0 aliphatic carbocycles. The number of hydrogen-bond acceptors (Lipinski definition) is 3. The third-order valence-corrected chi connectivity index (χ3v) is 3.00. The van der Waals surface area contributed by atoms with Gasteiger partial charge in [-0.05, 0) is 42.8 Å². The van der Waals surface area contributed by atoms with Crippen molar-refractivity contribution in [3.8, 4) is 0 Å². The number of nitrogens with one attached hydrogen (secondary N) is 2. The van der Waals surface area contributed by atoms with E-state index in [4.69, 9.17) is 4.42 Å². The molecule has 0 atom stereocenters. The number of furan rings is 1. The van der Waals surface area contributed by atoms with E-state index in [0.717, 1.165) is 17.0 Å². The standard InChI is InChI=1S/C15H18N2O2/c1-11-10-12(16-2)5-6-14(11)15(18)17-8-7-13-4-3-9-19-13/h3-6,9-10,16H,7-8H2,1-2H3,(H,17,18). The van der Waals surface area contributed by atoms with Crippen LogP contribution in [-0.4, -0.2) is 19.5 Å². The third-order valence-electron chi connectivity index (χ3n) is 3.00. The monoisotopic (exact) mass is 258 g/mol. The van der Waals surface area contributed by atoms with Gasteiger partial charge in [-0.15, -0.1) is 0 Å². The van der Waals surface area contributed by atoms with E-state index in [1.54, 1.807) is 6.26 Å². The first kappa shape index (κ1) is 13.2. The Morgan fingerprint density at radius 2 is 2.16 bits per heavy atom. The van der Waals surface area contributed by atoms with Gasteiger partial charge in [-0.1, -0.05) is 0 Å². The van der Waals surface area contributed by atoms with Gasteiger partial charge in [-0.3, -0.25) is 4.79 Å². The number of benzene rings is 1. The number of amides is 1. The van der Waals surface area contributed by atoms with Crippen molar-refractivity contribution in [2.24, 2.45) is 0 Å². The number of rotatable bonds is 5. The molecule has 19 heavy (non-hydrogen) atoms. The molecule has 2 aromatic rings. The number of aryl methyl sites for hydroxylation is 1. The van der Waals surface area contributed by atoms with Crippen LogP contribution in [0.4, 0.5) is 5.69 Å². The van der Waals surface area contributed by atoms with E-state index in [1.807, 2.05) is 44.3 Å². The van der Waals surface area contributed by atoms with Crippen molar-refractivity contribution in [2.45, 2.75) is 13.3 Å². The Morgan fingerprint density at radius 1 is 1.32 bits per heavy atom. The normalized spacial score (nSPS) is 10.2. The summed E-state index contributed by atoms with van der Waals surface area (Å²) in [6, 6.07) is 9.44. The Hall–Kier alpha value is -2.23. The molecule has 4 heteroatoms. The Balaban J connectivity index is 1.92. The van der Waals surface area contributed by atoms with E-state index in [0.29, 0.717) is 18.5 Å². The zero-order chi connectivity index (χ0) is 13.7. The van der Waals surface area contributed by atoms with Gasteiger partial charge in [-0.2, -0.15) is 0 Å². The van der Waals surface area contributed by atoms with Crippen molar-refractivity contribution in [3.63, 3.8) is 0 Å². The second-order valence-electron chi connectivity index (χ2n) is 4.36. The lowest BCUT2D eigenvalue weighted by atomic mass is 10.1. The molecule has 2 N–H and O–H groups in total. The number of carbonyl (C=O) groups is 1. The zero-order valence-corrected chi connectivity index (χ0v) is 11.2. The summed E-state index contributed by atoms with van der Waals surface area (Å²) in [6.07, 6.45) is 2.34. The molecular formula is C15H18N2O2. The summed E-state index contributed by atoms with van der Waals surface area (Å²) in [6.45, 7) is 2.50. The van der Waals surface area contributed by atoms with Crippen LogP contribution in [0.15, 0.2) is 41.0 Å². The fourth-order valence-electron chi connectivity index (χ4n) is 1.92. The van der Waals surface area contributed by atoms with E-state index in [9.17, 15) is 4.79 Å². The summed E-state index contributed by atoms with van der Waals surface area (Å²) < 4.78 is 5.22. The lowest BCUT2D eigenvalue weighted by Gasteiger charge is -2.09. The Morgan fingerprint density at radius 3 is 2.79 bits per heavy atom. The maximum Gasteiger partial charge on any atom is 0.251 e. The molecule has 0 fully saturated rings. The third kappa shape index (κ3) is 3.37. The van der Waals surface area contributed by atoms with Gasteiger partial charge in [0.1, 0.15) is 5.76 Å². The van der Waals surface area contributed by atoms with Crippen LogP contribution in [0.1, 0.15) is 21.7 Å². The van der Waals surface area contributed by atoms with Crippen LogP contribution >= 0.6 is 0 Å². The molecule has 0 radical (unpaired) electrons. The van der Waals surface area contributed by atoms with E-state index in [-0.39, 0.29) is 5.91 Å². The smallest absolute Gasteiger partial charge is 0.251 e. The first-order valence-electron chi connectivity index (χ1n) is 6.29. The molecule has 0 bridgehead atoms. The van der Waals surface area contributed by atoms with Crippen molar-refractivity contribution in [2.75, 3.05) is 18.9 Å². The topological polar surface area (TPSA) is 54.3 Å². The van der Waals surface area contributed by atoms with Gasteiger partial charge >= 0.3 is 0 Å². The highest BCUT2D eigenvalue weighted by atomic mass is 16.3. The molecule has 1 heterocycles. The van der Waals surface area contributed by atoms with Crippen LogP contribution in [-0.2, 0) is 6.42 Å². The fraction of sp³-hybridized carbons (Fsp3) is 0.267. The van der Waals surface area contributed by atoms with Gasteiger partial charge in [0.25, 0.3) is 5.91 Å². The maximum absolute atomic E-state index is 12.0. The van der Waals surface area contributed by atoms with Crippen LogP contribution in [0.2, 0.25) is 0 Å². The van der Waals surface area contributed by atoms with Crippen LogP contribution in [0, 0.1) is 6.92 Å². The van der Waals surface area contributed by atoms with Gasteiger partial charge < -0.3 is 15.1 Å². The van der Waals surface area contributed by atoms with Gasteiger partial charge in [0.05, 0.1) is 6.26 Å². The first-order chi connectivity index (χ1) is 9.20. The minimum atomic E-state index is -0.0493. The number of hydrogen-bond donors (Lipinski definition) is 2. The van der Waals surface area contributed by atoms with E-state index in [1.165, 1.54) is 0 Å². The molecule has 4 nitrogen and oxygen atoms in total. The molecule has 0 aliphatic heterocycles. The van der Waals surface area contributed by atoms with Gasteiger partial charge in [0.2, 0.25) is 0 Å². The molecule has 0 aliphatic rings. The number of anilines is 1. The van der Waals surface area contributed by atoms with Crippen molar-refractivity contribution >= 4 is 11.6 Å². The SMILES string of the molecule is CNc1ccc(C(=O)NCCc2ccco2)c(C)c1. The van der Waals surface area contributed by atoms with Crippen molar-refractivity contribution in [1.29, 1.82) is 0 Å².